The van der Waals surface area contributed by atoms with E-state index in [9.17, 15) is 0 Å². The smallest absolute Gasteiger partial charge is 0.208 e. The molecule has 2 rings (SSSR count). The van der Waals surface area contributed by atoms with Gasteiger partial charge in [-0.25, -0.2) is 0 Å². The summed E-state index contributed by atoms with van der Waals surface area (Å²) in [5, 5.41) is 18.3. The minimum Gasteiger partial charge on any atom is -0.353 e. The molecular formula is C12H20N6S2. The Morgan fingerprint density at radius 1 is 1.35 bits per heavy atom. The lowest BCUT2D eigenvalue weighted by atomic mass is 10.2. The Morgan fingerprint density at radius 2 is 2.10 bits per heavy atom. The van der Waals surface area contributed by atoms with Gasteiger partial charge in [-0.3, -0.25) is 4.68 Å². The molecule has 0 amide bonds. The van der Waals surface area contributed by atoms with Gasteiger partial charge in [-0.2, -0.15) is 5.10 Å². The lowest BCUT2D eigenvalue weighted by molar-refractivity contribution is 0.673. The fourth-order valence-corrected chi connectivity index (χ4v) is 3.66. The van der Waals surface area contributed by atoms with E-state index < -0.39 is 0 Å². The summed E-state index contributed by atoms with van der Waals surface area (Å²) in [6, 6.07) is 0. The van der Waals surface area contributed by atoms with Crippen LogP contribution in [0.2, 0.25) is 0 Å². The van der Waals surface area contributed by atoms with Gasteiger partial charge in [0.2, 0.25) is 5.13 Å². The molecule has 0 fully saturated rings. The van der Waals surface area contributed by atoms with Crippen LogP contribution in [0.1, 0.15) is 18.2 Å². The summed E-state index contributed by atoms with van der Waals surface area (Å²) >= 11 is 3.22. The molecule has 0 aliphatic heterocycles. The first kappa shape index (κ1) is 15.3. The van der Waals surface area contributed by atoms with E-state index in [2.05, 4.69) is 27.5 Å². The number of nitrogens with zero attached hydrogens (tertiary/aromatic N) is 5. The highest BCUT2D eigenvalue weighted by atomic mass is 32.2. The molecule has 2 heterocycles. The van der Waals surface area contributed by atoms with Crippen molar-refractivity contribution in [3.05, 3.63) is 11.3 Å². The van der Waals surface area contributed by atoms with Crippen LogP contribution in [-0.2, 0) is 13.6 Å². The Labute approximate surface area is 127 Å². The van der Waals surface area contributed by atoms with E-state index >= 15 is 0 Å². The summed E-state index contributed by atoms with van der Waals surface area (Å²) in [5.41, 5.74) is 2.30. The highest BCUT2D eigenvalue weighted by molar-refractivity contribution is 8.01. The van der Waals surface area contributed by atoms with Crippen molar-refractivity contribution < 1.29 is 0 Å². The minimum atomic E-state index is 0.831. The molecule has 6 nitrogen and oxygen atoms in total. The van der Waals surface area contributed by atoms with Crippen LogP contribution in [0.25, 0.3) is 0 Å². The standard InChI is InChI=1S/C12H20N6S2/c1-6-13-7-9-8(2)16-18(5)10(9)19-12-15-14-11(20-12)17(3)4/h13H,6-7H2,1-5H3. The molecule has 0 spiro atoms. The molecule has 0 aliphatic carbocycles. The molecule has 0 aromatic carbocycles. The normalized spacial score (nSPS) is 11.1. The van der Waals surface area contributed by atoms with Crippen LogP contribution in [-0.4, -0.2) is 40.6 Å². The number of aromatic nitrogens is 4. The first-order chi connectivity index (χ1) is 9.52. The van der Waals surface area contributed by atoms with E-state index in [1.165, 1.54) is 5.56 Å². The molecule has 0 radical (unpaired) electrons. The molecule has 0 saturated carbocycles. The number of hydrogen-bond donors (Lipinski definition) is 1. The fourth-order valence-electron chi connectivity index (χ4n) is 1.77. The van der Waals surface area contributed by atoms with Crippen LogP contribution in [0.3, 0.4) is 0 Å². The van der Waals surface area contributed by atoms with E-state index in [4.69, 9.17) is 0 Å². The summed E-state index contributed by atoms with van der Waals surface area (Å²) in [6.07, 6.45) is 0. The average molecular weight is 312 g/mol. The van der Waals surface area contributed by atoms with Crippen molar-refractivity contribution in [1.82, 2.24) is 25.3 Å². The monoisotopic (exact) mass is 312 g/mol. The summed E-state index contributed by atoms with van der Waals surface area (Å²) in [7, 11) is 5.91. The van der Waals surface area contributed by atoms with Gasteiger partial charge >= 0.3 is 0 Å². The summed E-state index contributed by atoms with van der Waals surface area (Å²) in [6.45, 7) is 5.93. The zero-order valence-corrected chi connectivity index (χ0v) is 14.1. The minimum absolute atomic E-state index is 0.831. The molecule has 0 atom stereocenters. The third kappa shape index (κ3) is 3.31. The molecule has 0 unspecified atom stereocenters. The van der Waals surface area contributed by atoms with E-state index in [0.29, 0.717) is 0 Å². The average Bonchev–Trinajstić information content (AvgIpc) is 2.95. The highest BCUT2D eigenvalue weighted by Gasteiger charge is 2.16. The lowest BCUT2D eigenvalue weighted by Gasteiger charge is -2.05. The molecule has 0 bridgehead atoms. The summed E-state index contributed by atoms with van der Waals surface area (Å²) < 4.78 is 2.86. The van der Waals surface area contributed by atoms with Gasteiger partial charge in [0, 0.05) is 33.3 Å². The van der Waals surface area contributed by atoms with Crippen molar-refractivity contribution >= 4 is 28.2 Å². The van der Waals surface area contributed by atoms with Crippen molar-refractivity contribution in [2.75, 3.05) is 25.5 Å². The van der Waals surface area contributed by atoms with Gasteiger partial charge in [0.25, 0.3) is 0 Å². The fraction of sp³-hybridized carbons (Fsp3) is 0.583. The molecular weight excluding hydrogens is 292 g/mol. The van der Waals surface area contributed by atoms with Gasteiger partial charge in [-0.05, 0) is 25.2 Å². The molecule has 110 valence electrons. The van der Waals surface area contributed by atoms with Gasteiger partial charge in [0.05, 0.1) is 5.69 Å². The predicted octanol–water partition coefficient (Wildman–Crippen LogP) is 1.91. The van der Waals surface area contributed by atoms with E-state index in [-0.39, 0.29) is 0 Å². The van der Waals surface area contributed by atoms with Crippen molar-refractivity contribution in [3.8, 4) is 0 Å². The van der Waals surface area contributed by atoms with Crippen molar-refractivity contribution in [2.45, 2.75) is 29.8 Å². The number of nitrogens with one attached hydrogen (secondary N) is 1. The molecule has 0 aliphatic rings. The van der Waals surface area contributed by atoms with Crippen LogP contribution >= 0.6 is 23.1 Å². The number of anilines is 1. The number of rotatable bonds is 6. The first-order valence-electron chi connectivity index (χ1n) is 6.44. The van der Waals surface area contributed by atoms with E-state index in [1.54, 1.807) is 23.1 Å². The Morgan fingerprint density at radius 3 is 2.70 bits per heavy atom. The number of hydrogen-bond acceptors (Lipinski definition) is 7. The van der Waals surface area contributed by atoms with Crippen LogP contribution in [0.15, 0.2) is 9.37 Å². The van der Waals surface area contributed by atoms with E-state index in [1.807, 2.05) is 37.6 Å². The molecule has 0 saturated heterocycles. The first-order valence-corrected chi connectivity index (χ1v) is 8.08. The topological polar surface area (TPSA) is 58.9 Å². The van der Waals surface area contributed by atoms with Crippen LogP contribution in [0, 0.1) is 6.92 Å². The Kier molecular flexibility index (Phi) is 5.00. The molecule has 8 heteroatoms. The maximum Gasteiger partial charge on any atom is 0.208 e. The largest absolute Gasteiger partial charge is 0.353 e. The maximum atomic E-state index is 4.50. The summed E-state index contributed by atoms with van der Waals surface area (Å²) in [4.78, 5) is 1.97. The number of aryl methyl sites for hydroxylation is 2. The van der Waals surface area contributed by atoms with Crippen molar-refractivity contribution in [3.63, 3.8) is 0 Å². The zero-order valence-electron chi connectivity index (χ0n) is 12.5. The Bertz CT molecular complexity index is 575. The lowest BCUT2D eigenvalue weighted by Crippen LogP contribution is -2.12. The Balaban J connectivity index is 2.23. The second kappa shape index (κ2) is 6.55. The van der Waals surface area contributed by atoms with Gasteiger partial charge in [-0.15, -0.1) is 10.2 Å². The zero-order chi connectivity index (χ0) is 14.7. The van der Waals surface area contributed by atoms with E-state index in [0.717, 1.165) is 33.3 Å². The highest BCUT2D eigenvalue weighted by Crippen LogP contribution is 2.35. The molecule has 1 N–H and O–H groups in total. The third-order valence-electron chi connectivity index (χ3n) is 2.80. The van der Waals surface area contributed by atoms with Gasteiger partial charge in [0.15, 0.2) is 4.34 Å². The predicted molar refractivity (Wildman–Crippen MR) is 83.7 cm³/mol. The quantitative estimate of drug-likeness (QED) is 0.879. The van der Waals surface area contributed by atoms with Crippen LogP contribution < -0.4 is 10.2 Å². The second-order valence-electron chi connectivity index (χ2n) is 4.62. The molecule has 2 aromatic heterocycles. The third-order valence-corrected chi connectivity index (χ3v) is 5.15. The maximum absolute atomic E-state index is 4.50. The van der Waals surface area contributed by atoms with Crippen LogP contribution in [0.4, 0.5) is 5.13 Å². The molecule has 20 heavy (non-hydrogen) atoms. The Hall–Kier alpha value is -1.12. The van der Waals surface area contributed by atoms with Gasteiger partial charge in [-0.1, -0.05) is 18.3 Å². The van der Waals surface area contributed by atoms with Crippen molar-refractivity contribution in [1.29, 1.82) is 0 Å². The van der Waals surface area contributed by atoms with Gasteiger partial charge in [0.1, 0.15) is 5.03 Å². The van der Waals surface area contributed by atoms with Crippen molar-refractivity contribution in [2.24, 2.45) is 7.05 Å². The molecule has 2 aromatic rings. The van der Waals surface area contributed by atoms with Crippen LogP contribution in [0.5, 0.6) is 0 Å². The second-order valence-corrected chi connectivity index (χ2v) is 6.81. The SMILES string of the molecule is CCNCc1c(C)nn(C)c1Sc1nnc(N(C)C)s1. The van der Waals surface area contributed by atoms with Gasteiger partial charge < -0.3 is 10.2 Å². The summed E-state index contributed by atoms with van der Waals surface area (Å²) in [5.74, 6) is 0.